The molecule has 0 aromatic heterocycles. The number of cyclic esters (lactones) is 1. The van der Waals surface area contributed by atoms with Crippen LogP contribution in [0.1, 0.15) is 73.6 Å². The first kappa shape index (κ1) is 40.1. The molecule has 0 bridgehead atoms. The summed E-state index contributed by atoms with van der Waals surface area (Å²) in [5.74, 6) is -0.965. The summed E-state index contributed by atoms with van der Waals surface area (Å²) in [6.07, 6.45) is 5.59. The van der Waals surface area contributed by atoms with Gasteiger partial charge in [-0.2, -0.15) is 0 Å². The maximum Gasteiger partial charge on any atom is 0.410 e. The van der Waals surface area contributed by atoms with Gasteiger partial charge in [-0.1, -0.05) is 45.1 Å². The number of piperazine rings is 1. The molecule has 10 unspecified atom stereocenters. The molecular weight excluding hydrogens is 620 g/mol. The van der Waals surface area contributed by atoms with Gasteiger partial charge < -0.3 is 44.3 Å². The lowest BCUT2D eigenvalue weighted by Gasteiger charge is -2.37. The van der Waals surface area contributed by atoms with Crippen molar-refractivity contribution in [3.05, 3.63) is 36.0 Å². The minimum absolute atomic E-state index is 0.0143. The molecule has 3 heterocycles. The largest absolute Gasteiger partial charge is 0.457 e. The molecule has 3 aliphatic rings. The molecule has 0 radical (unpaired) electrons. The normalized spacial score (nSPS) is 33.7. The Kier molecular flexibility index (Phi) is 15.1. The van der Waals surface area contributed by atoms with Crippen LogP contribution in [0.15, 0.2) is 36.0 Å². The number of esters is 1. The highest BCUT2D eigenvalue weighted by molar-refractivity contribution is 5.70. The Labute approximate surface area is 286 Å². The van der Waals surface area contributed by atoms with Gasteiger partial charge in [0, 0.05) is 58.1 Å². The average molecular weight is 681 g/mol. The first-order valence-electron chi connectivity index (χ1n) is 17.4. The highest BCUT2D eigenvalue weighted by atomic mass is 16.6. The Hall–Kier alpha value is -2.32. The molecule has 0 saturated carbocycles. The molecule has 0 aromatic carbocycles. The molecule has 0 spiro atoms. The van der Waals surface area contributed by atoms with Crippen LogP contribution in [-0.2, 0) is 23.7 Å². The quantitative estimate of drug-likeness (QED) is 0.104. The number of carbonyl (C=O) groups excluding carboxylic acids is 2. The molecule has 0 aliphatic carbocycles. The van der Waals surface area contributed by atoms with Crippen molar-refractivity contribution in [2.75, 3.05) is 46.4 Å². The summed E-state index contributed by atoms with van der Waals surface area (Å²) in [6.45, 7) is 14.6. The van der Waals surface area contributed by atoms with E-state index in [4.69, 9.17) is 18.9 Å². The van der Waals surface area contributed by atoms with Crippen LogP contribution >= 0.6 is 0 Å². The first-order chi connectivity index (χ1) is 22.6. The van der Waals surface area contributed by atoms with E-state index in [-0.39, 0.29) is 43.3 Å². The number of hydrogen-bond donors (Lipinski definition) is 4. The SMILES string of the molecule is CCC(O)C(C)C1OC1CC(C)(O)C=CC=C(C)C1OC(=O)CC(O)CCC(C)(O)C(OC(=O)N2CCN(CCOC)CC2)C=CC1C. The zero-order valence-electron chi connectivity index (χ0n) is 29.9. The van der Waals surface area contributed by atoms with Crippen LogP contribution < -0.4 is 0 Å². The van der Waals surface area contributed by atoms with E-state index >= 15 is 0 Å². The number of aliphatic hydroxyl groups is 4. The van der Waals surface area contributed by atoms with Crippen molar-refractivity contribution >= 4 is 12.1 Å². The van der Waals surface area contributed by atoms with Crippen LogP contribution in [0.3, 0.4) is 0 Å². The maximum atomic E-state index is 13.2. The van der Waals surface area contributed by atoms with Crippen LogP contribution in [0.2, 0.25) is 0 Å². The van der Waals surface area contributed by atoms with Gasteiger partial charge in [-0.15, -0.1) is 0 Å². The fourth-order valence-electron chi connectivity index (χ4n) is 6.36. The standard InChI is InChI=1S/C36H60N2O10/c1-8-28(40)26(4)33-29(46-33)23-35(5,43)14-9-10-24(2)32-25(3)11-12-30(36(6,44)15-13-27(39)22-31(41)48-32)47-34(42)38-18-16-37(17-19-38)20-21-45-7/h9-12,14,25-30,32-33,39-40,43-44H,8,13,15-23H2,1-7H3. The van der Waals surface area contributed by atoms with E-state index in [1.54, 1.807) is 56.2 Å². The third kappa shape index (κ3) is 12.2. The zero-order valence-corrected chi connectivity index (χ0v) is 29.9. The topological polar surface area (TPSA) is 162 Å². The molecule has 48 heavy (non-hydrogen) atoms. The molecule has 10 atom stereocenters. The summed E-state index contributed by atoms with van der Waals surface area (Å²) in [5, 5.41) is 43.2. The third-order valence-corrected chi connectivity index (χ3v) is 9.84. The number of allylic oxidation sites excluding steroid dienone is 2. The molecule has 2 fully saturated rings. The van der Waals surface area contributed by atoms with Crippen LogP contribution in [0.5, 0.6) is 0 Å². The lowest BCUT2D eigenvalue weighted by atomic mass is 9.88. The number of epoxide rings is 1. The van der Waals surface area contributed by atoms with Gasteiger partial charge in [-0.3, -0.25) is 9.69 Å². The predicted octanol–water partition coefficient (Wildman–Crippen LogP) is 2.97. The zero-order chi connectivity index (χ0) is 35.6. The van der Waals surface area contributed by atoms with Crippen LogP contribution in [0.4, 0.5) is 4.79 Å². The van der Waals surface area contributed by atoms with Gasteiger partial charge in [-0.25, -0.2) is 4.79 Å². The van der Waals surface area contributed by atoms with Crippen molar-refractivity contribution in [2.45, 2.75) is 121 Å². The Morgan fingerprint density at radius 1 is 1.25 bits per heavy atom. The number of aliphatic hydroxyl groups excluding tert-OH is 2. The van der Waals surface area contributed by atoms with Crippen molar-refractivity contribution in [1.82, 2.24) is 9.80 Å². The number of rotatable bonds is 12. The minimum atomic E-state index is -1.50. The van der Waals surface area contributed by atoms with E-state index in [1.807, 2.05) is 27.7 Å². The van der Waals surface area contributed by atoms with Crippen molar-refractivity contribution in [3.8, 4) is 0 Å². The van der Waals surface area contributed by atoms with Gasteiger partial charge in [0.1, 0.15) is 11.7 Å². The molecule has 4 N–H and O–H groups in total. The average Bonchev–Trinajstić information content (AvgIpc) is 3.80. The van der Waals surface area contributed by atoms with Gasteiger partial charge in [0.05, 0.1) is 43.0 Å². The Morgan fingerprint density at radius 3 is 2.58 bits per heavy atom. The molecule has 3 rings (SSSR count). The van der Waals surface area contributed by atoms with Crippen molar-refractivity contribution in [2.24, 2.45) is 11.8 Å². The van der Waals surface area contributed by atoms with Gasteiger partial charge in [0.25, 0.3) is 0 Å². The second kappa shape index (κ2) is 18.1. The monoisotopic (exact) mass is 680 g/mol. The highest BCUT2D eigenvalue weighted by Crippen LogP contribution is 2.37. The Balaban J connectivity index is 1.72. The highest BCUT2D eigenvalue weighted by Gasteiger charge is 2.47. The molecule has 3 aliphatic heterocycles. The molecule has 1 amide bonds. The van der Waals surface area contributed by atoms with E-state index < -0.39 is 47.7 Å². The number of ether oxygens (including phenoxy) is 4. The minimum Gasteiger partial charge on any atom is -0.457 e. The number of carbonyl (C=O) groups is 2. The molecular formula is C36H60N2O10. The van der Waals surface area contributed by atoms with Gasteiger partial charge >= 0.3 is 12.1 Å². The summed E-state index contributed by atoms with van der Waals surface area (Å²) in [6, 6.07) is 0. The smallest absolute Gasteiger partial charge is 0.410 e. The van der Waals surface area contributed by atoms with Crippen molar-refractivity contribution < 1.29 is 49.0 Å². The molecule has 2 saturated heterocycles. The molecule has 0 aromatic rings. The fourth-order valence-corrected chi connectivity index (χ4v) is 6.36. The van der Waals surface area contributed by atoms with E-state index in [9.17, 15) is 30.0 Å². The lowest BCUT2D eigenvalue weighted by molar-refractivity contribution is -0.151. The van der Waals surface area contributed by atoms with E-state index in [2.05, 4.69) is 4.90 Å². The summed E-state index contributed by atoms with van der Waals surface area (Å²) in [7, 11) is 1.66. The molecule has 12 heteroatoms. The van der Waals surface area contributed by atoms with E-state index in [0.717, 1.165) is 6.54 Å². The summed E-state index contributed by atoms with van der Waals surface area (Å²) < 4.78 is 22.6. The fraction of sp³-hybridized carbons (Fsp3) is 0.778. The van der Waals surface area contributed by atoms with E-state index in [0.29, 0.717) is 51.2 Å². The van der Waals surface area contributed by atoms with Crippen molar-refractivity contribution in [3.63, 3.8) is 0 Å². The lowest BCUT2D eigenvalue weighted by Crippen LogP contribution is -2.51. The molecule has 12 nitrogen and oxygen atoms in total. The number of nitrogens with zero attached hydrogens (tertiary/aromatic N) is 2. The van der Waals surface area contributed by atoms with Gasteiger partial charge in [0.2, 0.25) is 0 Å². The summed E-state index contributed by atoms with van der Waals surface area (Å²) in [4.78, 5) is 29.9. The molecule has 274 valence electrons. The summed E-state index contributed by atoms with van der Waals surface area (Å²) >= 11 is 0. The van der Waals surface area contributed by atoms with Crippen LogP contribution in [0, 0.1) is 11.8 Å². The predicted molar refractivity (Wildman–Crippen MR) is 181 cm³/mol. The second-order valence-electron chi connectivity index (χ2n) is 14.3. The second-order valence-corrected chi connectivity index (χ2v) is 14.3. The van der Waals surface area contributed by atoms with Gasteiger partial charge in [0.15, 0.2) is 6.10 Å². The van der Waals surface area contributed by atoms with Crippen LogP contribution in [0.25, 0.3) is 0 Å². The summed E-state index contributed by atoms with van der Waals surface area (Å²) in [5.41, 5.74) is -1.96. The number of methoxy groups -OCH3 is 1. The maximum absolute atomic E-state index is 13.2. The van der Waals surface area contributed by atoms with Crippen LogP contribution in [-0.4, -0.2) is 137 Å². The third-order valence-electron chi connectivity index (χ3n) is 9.84. The van der Waals surface area contributed by atoms with E-state index in [1.165, 1.54) is 0 Å². The van der Waals surface area contributed by atoms with Gasteiger partial charge in [-0.05, 0) is 51.7 Å². The Morgan fingerprint density at radius 2 is 1.94 bits per heavy atom. The number of amides is 1. The van der Waals surface area contributed by atoms with Crippen molar-refractivity contribution in [1.29, 1.82) is 0 Å². The number of hydrogen-bond acceptors (Lipinski definition) is 11. The first-order valence-corrected chi connectivity index (χ1v) is 17.4. The Bertz CT molecular complexity index is 1130.